The minimum atomic E-state index is 0.0703. The van der Waals surface area contributed by atoms with Gasteiger partial charge < -0.3 is 26.6 Å². The number of aromatic nitrogens is 7. The average Bonchev–Trinajstić information content (AvgIpc) is 3.31. The van der Waals surface area contributed by atoms with E-state index in [1.807, 2.05) is 97.2 Å². The largest absolute Gasteiger partial charge is 0.353 e. The maximum atomic E-state index is 6.25. The van der Waals surface area contributed by atoms with Crippen LogP contribution >= 0.6 is 44.8 Å². The summed E-state index contributed by atoms with van der Waals surface area (Å²) >= 11 is 12.5. The molecule has 65 heavy (non-hydrogen) atoms. The highest BCUT2D eigenvalue weighted by Crippen LogP contribution is 2.28. The molecule has 0 saturated carbocycles. The van der Waals surface area contributed by atoms with Crippen molar-refractivity contribution < 1.29 is 9.88 Å². The number of fused-ring (bicyclic) bond motifs is 1. The van der Waals surface area contributed by atoms with E-state index in [4.69, 9.17) is 23.2 Å². The predicted octanol–water partition coefficient (Wildman–Crippen LogP) is 11.2. The van der Waals surface area contributed by atoms with E-state index in [1.54, 1.807) is 27.7 Å². The Morgan fingerprint density at radius 1 is 0.677 bits per heavy atom. The van der Waals surface area contributed by atoms with Gasteiger partial charge in [0.1, 0.15) is 17.9 Å². The minimum Gasteiger partial charge on any atom is -0.353 e. The lowest BCUT2D eigenvalue weighted by molar-refractivity contribution is -0.667. The summed E-state index contributed by atoms with van der Waals surface area (Å²) in [6.07, 6.45) is 5.59. The molecule has 0 bridgehead atoms. The van der Waals surface area contributed by atoms with Crippen LogP contribution in [0.15, 0.2) is 149 Å². The van der Waals surface area contributed by atoms with Crippen LogP contribution in [0.25, 0.3) is 16.6 Å². The molecule has 0 amide bonds. The maximum absolute atomic E-state index is 6.25. The number of nitrogens with one attached hydrogen (secondary N) is 4. The Hall–Kier alpha value is -6.57. The third-order valence-corrected chi connectivity index (χ3v) is 12.0. The van der Waals surface area contributed by atoms with Gasteiger partial charge in [0.25, 0.3) is 0 Å². The molecule has 330 valence electrons. The van der Waals surface area contributed by atoms with E-state index in [2.05, 4.69) is 120 Å². The zero-order chi connectivity index (χ0) is 45.2. The molecule has 6 N–H and O–H groups in total. The van der Waals surface area contributed by atoms with Gasteiger partial charge in [0.05, 0.1) is 34.6 Å². The number of benzene rings is 4. The van der Waals surface area contributed by atoms with E-state index in [-0.39, 0.29) is 10.6 Å². The number of aryl methyl sites for hydroxylation is 1. The van der Waals surface area contributed by atoms with Crippen LogP contribution in [0, 0.1) is 0 Å². The zero-order valence-corrected chi connectivity index (χ0v) is 38.7. The van der Waals surface area contributed by atoms with Gasteiger partial charge in [-0.15, -0.1) is 10.2 Å². The number of nitrogens with zero attached hydrogens (tertiary/aromatic N) is 11. The molecule has 7 rings (SSSR count). The number of allylic oxidation sites excluding steroid dienone is 2. The highest BCUT2D eigenvalue weighted by atomic mass is 35.5. The lowest BCUT2D eigenvalue weighted by Gasteiger charge is -2.09. The second-order valence-corrected chi connectivity index (χ2v) is 17.1. The van der Waals surface area contributed by atoms with Crippen molar-refractivity contribution in [1.82, 2.24) is 29.9 Å². The van der Waals surface area contributed by atoms with E-state index in [0.29, 0.717) is 48.3 Å². The van der Waals surface area contributed by atoms with E-state index < -0.39 is 0 Å². The van der Waals surface area contributed by atoms with Crippen LogP contribution in [0.4, 0.5) is 57.9 Å². The fourth-order valence-electron chi connectivity index (χ4n) is 6.25. The standard InChI is InChI=1S/C45H44Cl2N16S2/c1-4-11-37(34-12-7-9-14-36(34)48-5-2)61-59-32-20-16-30(17-21-32)51-44-55-40(46)53-42(57-44)49-25-28-64-65-29-26-50-43-54-41(47)56-45(58-43)52-31-18-22-33(23-19-31)60-62-38-24-27-63(6-3)39-15-10-8-13-35(38)39/h4,7-24,27,48H,1,5-6,25-26,28-29H2,2-3H3,(H3,49,50,51,53,54,55,56,57,58,61)/p+2/b37-11+. The highest BCUT2D eigenvalue weighted by Gasteiger charge is 2.12. The van der Waals surface area contributed by atoms with Gasteiger partial charge in [0, 0.05) is 48.1 Å². The predicted molar refractivity (Wildman–Crippen MR) is 266 cm³/mol. The lowest BCUT2D eigenvalue weighted by atomic mass is 10.1. The first kappa shape index (κ1) is 46.4. The Morgan fingerprint density at radius 3 is 1.85 bits per heavy atom. The molecular formula is C45H46Cl2N16S2+2. The first-order valence-electron chi connectivity index (χ1n) is 20.7. The molecule has 0 aliphatic carbocycles. The van der Waals surface area contributed by atoms with E-state index >= 15 is 0 Å². The van der Waals surface area contributed by atoms with Crippen LogP contribution in [-0.4, -0.2) is 61.0 Å². The smallest absolute Gasteiger partial charge is 0.233 e. The van der Waals surface area contributed by atoms with Gasteiger partial charge in [-0.25, -0.2) is 0 Å². The Morgan fingerprint density at radius 2 is 1.25 bits per heavy atom. The van der Waals surface area contributed by atoms with Crippen molar-refractivity contribution in [3.05, 3.63) is 144 Å². The molecule has 0 spiro atoms. The van der Waals surface area contributed by atoms with Crippen LogP contribution in [0.2, 0.25) is 10.6 Å². The number of hydrogen-bond donors (Lipinski definition) is 5. The van der Waals surface area contributed by atoms with E-state index in [9.17, 15) is 0 Å². The van der Waals surface area contributed by atoms with Crippen molar-refractivity contribution in [3.63, 3.8) is 0 Å². The van der Waals surface area contributed by atoms with Crippen molar-refractivity contribution in [2.75, 3.05) is 52.4 Å². The Balaban J connectivity index is 0.821. The van der Waals surface area contributed by atoms with Crippen molar-refractivity contribution in [1.29, 1.82) is 0 Å². The monoisotopic (exact) mass is 944 g/mol. The van der Waals surface area contributed by atoms with Crippen LogP contribution in [0.3, 0.4) is 0 Å². The van der Waals surface area contributed by atoms with Crippen LogP contribution < -0.4 is 31.2 Å². The minimum absolute atomic E-state index is 0.0703. The molecule has 3 aromatic heterocycles. The van der Waals surface area contributed by atoms with Gasteiger partial charge in [-0.3, -0.25) is 0 Å². The molecule has 0 radical (unpaired) electrons. The summed E-state index contributed by atoms with van der Waals surface area (Å²) in [5.74, 6) is 2.94. The van der Waals surface area contributed by atoms with E-state index in [1.165, 1.54) is 0 Å². The van der Waals surface area contributed by atoms with Gasteiger partial charge in [-0.2, -0.15) is 44.7 Å². The summed E-state index contributed by atoms with van der Waals surface area (Å²) in [5, 5.41) is 34.2. The van der Waals surface area contributed by atoms with Crippen molar-refractivity contribution >= 4 is 119 Å². The molecule has 0 fully saturated rings. The number of para-hydroxylation sites is 2. The second kappa shape index (κ2) is 23.9. The lowest BCUT2D eigenvalue weighted by Crippen LogP contribution is -2.77. The molecule has 7 aromatic rings. The third kappa shape index (κ3) is 13.7. The fourth-order valence-corrected chi connectivity index (χ4v) is 8.39. The summed E-state index contributed by atoms with van der Waals surface area (Å²) in [7, 11) is 3.41. The molecule has 0 atom stereocenters. The maximum Gasteiger partial charge on any atom is 0.233 e. The van der Waals surface area contributed by atoms with E-state index in [0.717, 1.165) is 69.5 Å². The number of halogens is 2. The zero-order valence-electron chi connectivity index (χ0n) is 35.6. The highest BCUT2D eigenvalue weighted by molar-refractivity contribution is 8.76. The number of azo groups is 2. The van der Waals surface area contributed by atoms with Crippen molar-refractivity contribution in [3.8, 4) is 0 Å². The topological polar surface area (TPSA) is 195 Å². The molecule has 0 saturated heterocycles. The summed E-state index contributed by atoms with van der Waals surface area (Å²) in [4.78, 5) is 25.9. The second-order valence-electron chi connectivity index (χ2n) is 13.7. The average molecular weight is 946 g/mol. The fraction of sp³-hybridized carbons (Fsp3) is 0.178. The molecule has 0 aliphatic heterocycles. The normalized spacial score (nSPS) is 11.7. The summed E-state index contributed by atoms with van der Waals surface area (Å²) < 4.78 is 2.18. The third-order valence-electron chi connectivity index (χ3n) is 9.21. The number of rotatable bonds is 22. The number of hydrogen-bond acceptors (Lipinski definition) is 16. The van der Waals surface area contributed by atoms with Crippen LogP contribution in [0.1, 0.15) is 19.4 Å². The first-order valence-corrected chi connectivity index (χ1v) is 23.9. The number of anilines is 6. The number of pyridine rings is 1. The van der Waals surface area contributed by atoms with Crippen molar-refractivity contribution in [2.24, 2.45) is 20.5 Å². The molecule has 20 heteroatoms. The van der Waals surface area contributed by atoms with Gasteiger partial charge in [0.15, 0.2) is 6.20 Å². The van der Waals surface area contributed by atoms with Gasteiger partial charge in [-0.05, 0) is 110 Å². The molecule has 3 heterocycles. The van der Waals surface area contributed by atoms with Crippen LogP contribution in [-0.2, 0) is 6.54 Å². The number of quaternary nitrogens is 1. The number of nitrogens with two attached hydrogens (primary N) is 1. The molecular weight excluding hydrogens is 900 g/mol. The molecule has 16 nitrogen and oxygen atoms in total. The Kier molecular flexibility index (Phi) is 17.1. The quantitative estimate of drug-likeness (QED) is 0.0108. The van der Waals surface area contributed by atoms with Gasteiger partial charge in [-0.1, -0.05) is 58.5 Å². The summed E-state index contributed by atoms with van der Waals surface area (Å²) in [6.45, 7) is 11.1. The van der Waals surface area contributed by atoms with Crippen LogP contribution in [0.5, 0.6) is 0 Å². The Bertz CT molecular complexity index is 2790. The summed E-state index contributed by atoms with van der Waals surface area (Å²) in [5.41, 5.74) is 7.65. The first-order chi connectivity index (χ1) is 31.9. The molecule has 0 unspecified atom stereocenters. The molecule has 4 aromatic carbocycles. The summed E-state index contributed by atoms with van der Waals surface area (Å²) in [6, 6.07) is 33.2. The Labute approximate surface area is 394 Å². The molecule has 0 aliphatic rings. The van der Waals surface area contributed by atoms with Gasteiger partial charge in [0.2, 0.25) is 39.9 Å². The SMILES string of the molecule is C=C/C=C(/N=Nc1ccc(Nc2nc(Cl)nc(NCCSSCCNc3nc(Cl)nc(Nc4ccc(N=Nc5cc[n+](CC)c6ccccc56)cc4)n3)n2)cc1)c1ccccc1[NH2+]CC. The van der Waals surface area contributed by atoms with Crippen molar-refractivity contribution in [2.45, 2.75) is 20.4 Å². The van der Waals surface area contributed by atoms with Gasteiger partial charge >= 0.3 is 0 Å².